The van der Waals surface area contributed by atoms with Crippen LogP contribution >= 0.6 is 11.6 Å². The third kappa shape index (κ3) is 4.93. The van der Waals surface area contributed by atoms with E-state index < -0.39 is 30.2 Å². The summed E-state index contributed by atoms with van der Waals surface area (Å²) in [5, 5.41) is 3.14. The van der Waals surface area contributed by atoms with Crippen LogP contribution in [0.2, 0.25) is 5.02 Å². The van der Waals surface area contributed by atoms with Crippen molar-refractivity contribution in [3.05, 3.63) is 62.3 Å². The molecule has 3 N–H and O–H groups in total. The molecule has 2 heterocycles. The Bertz CT molecular complexity index is 1450. The summed E-state index contributed by atoms with van der Waals surface area (Å²) in [5.41, 5.74) is 5.06. The summed E-state index contributed by atoms with van der Waals surface area (Å²) in [6, 6.07) is 9.28. The number of para-hydroxylation sites is 1. The number of carbonyl (C=O) groups excluding carboxylic acids is 2. The quantitative estimate of drug-likeness (QED) is 0.479. The SMILES string of the molecule is COc1cc(OC)c(NC(=O)Cn2c(=O)n(CC(=O)N3CC[C@@H](N)C3)c(=O)c3ccccc32)cc1Cl. The van der Waals surface area contributed by atoms with Gasteiger partial charge < -0.3 is 25.4 Å². The number of likely N-dealkylation sites (tertiary alicyclic amines) is 1. The molecule has 1 aliphatic rings. The lowest BCUT2D eigenvalue weighted by Gasteiger charge is -2.18. The first-order valence-corrected chi connectivity index (χ1v) is 11.6. The molecule has 0 saturated carbocycles. The molecule has 1 fully saturated rings. The number of nitrogens with one attached hydrogen (secondary N) is 1. The highest BCUT2D eigenvalue weighted by Gasteiger charge is 2.25. The van der Waals surface area contributed by atoms with Gasteiger partial charge in [0.2, 0.25) is 11.8 Å². The molecule has 0 aliphatic carbocycles. The van der Waals surface area contributed by atoms with Crippen LogP contribution in [0.3, 0.4) is 0 Å². The zero-order chi connectivity index (χ0) is 26.0. The van der Waals surface area contributed by atoms with Gasteiger partial charge >= 0.3 is 5.69 Å². The van der Waals surface area contributed by atoms with Crippen molar-refractivity contribution in [3.8, 4) is 11.5 Å². The molecule has 1 aromatic heterocycles. The van der Waals surface area contributed by atoms with Crippen molar-refractivity contribution >= 4 is 40.0 Å². The predicted molar refractivity (Wildman–Crippen MR) is 135 cm³/mol. The Labute approximate surface area is 210 Å². The normalized spacial score (nSPS) is 15.2. The fourth-order valence-electron chi connectivity index (χ4n) is 4.20. The Hall–Kier alpha value is -3.83. The van der Waals surface area contributed by atoms with Crippen LogP contribution in [0.5, 0.6) is 11.5 Å². The van der Waals surface area contributed by atoms with Gasteiger partial charge in [0.1, 0.15) is 24.6 Å². The van der Waals surface area contributed by atoms with Crippen LogP contribution in [0.25, 0.3) is 10.9 Å². The van der Waals surface area contributed by atoms with Crippen molar-refractivity contribution in [2.75, 3.05) is 32.6 Å². The van der Waals surface area contributed by atoms with Gasteiger partial charge in [-0.2, -0.15) is 0 Å². The average molecular weight is 516 g/mol. The largest absolute Gasteiger partial charge is 0.495 e. The van der Waals surface area contributed by atoms with Crippen LogP contribution in [0.15, 0.2) is 46.0 Å². The summed E-state index contributed by atoms with van der Waals surface area (Å²) in [5.74, 6) is -0.277. The van der Waals surface area contributed by atoms with E-state index in [2.05, 4.69) is 5.32 Å². The fourth-order valence-corrected chi connectivity index (χ4v) is 4.44. The van der Waals surface area contributed by atoms with Crippen LogP contribution in [-0.2, 0) is 22.7 Å². The smallest absolute Gasteiger partial charge is 0.332 e. The molecule has 2 amide bonds. The van der Waals surface area contributed by atoms with Gasteiger partial charge in [-0.15, -0.1) is 0 Å². The minimum Gasteiger partial charge on any atom is -0.495 e. The number of nitrogens with zero attached hydrogens (tertiary/aromatic N) is 3. The molecule has 0 bridgehead atoms. The maximum Gasteiger partial charge on any atom is 0.332 e. The van der Waals surface area contributed by atoms with Crippen molar-refractivity contribution in [2.45, 2.75) is 25.6 Å². The molecule has 0 radical (unpaired) electrons. The summed E-state index contributed by atoms with van der Waals surface area (Å²) >= 11 is 6.19. The third-order valence-corrected chi connectivity index (χ3v) is 6.35. The lowest BCUT2D eigenvalue weighted by atomic mass is 10.2. The summed E-state index contributed by atoms with van der Waals surface area (Å²) in [6.45, 7) is -0.0385. The maximum absolute atomic E-state index is 13.4. The van der Waals surface area contributed by atoms with Crippen molar-refractivity contribution < 1.29 is 19.1 Å². The summed E-state index contributed by atoms with van der Waals surface area (Å²) in [4.78, 5) is 53.7. The van der Waals surface area contributed by atoms with E-state index in [4.69, 9.17) is 26.8 Å². The second-order valence-corrected chi connectivity index (χ2v) is 8.81. The van der Waals surface area contributed by atoms with Crippen LogP contribution < -0.4 is 31.8 Å². The molecule has 1 atom stereocenters. The number of fused-ring (bicyclic) bond motifs is 1. The Morgan fingerprint density at radius 3 is 2.47 bits per heavy atom. The van der Waals surface area contributed by atoms with E-state index in [1.165, 1.54) is 31.3 Å². The number of methoxy groups -OCH3 is 2. The number of ether oxygens (including phenoxy) is 2. The third-order valence-electron chi connectivity index (χ3n) is 6.05. The van der Waals surface area contributed by atoms with Gasteiger partial charge in [-0.1, -0.05) is 23.7 Å². The Kier molecular flexibility index (Phi) is 7.32. The van der Waals surface area contributed by atoms with Crippen molar-refractivity contribution in [1.29, 1.82) is 0 Å². The fraction of sp³-hybridized carbons (Fsp3) is 0.333. The van der Waals surface area contributed by atoms with Crippen molar-refractivity contribution in [2.24, 2.45) is 5.73 Å². The summed E-state index contributed by atoms with van der Waals surface area (Å²) in [6.07, 6.45) is 0.654. The molecule has 11 nitrogen and oxygen atoms in total. The Morgan fingerprint density at radius 1 is 1.08 bits per heavy atom. The van der Waals surface area contributed by atoms with Gasteiger partial charge in [0.25, 0.3) is 5.56 Å². The zero-order valence-electron chi connectivity index (χ0n) is 19.8. The van der Waals surface area contributed by atoms with E-state index in [1.807, 2.05) is 0 Å². The maximum atomic E-state index is 13.4. The van der Waals surface area contributed by atoms with Gasteiger partial charge in [-0.05, 0) is 24.6 Å². The van der Waals surface area contributed by atoms with Crippen molar-refractivity contribution in [1.82, 2.24) is 14.0 Å². The summed E-state index contributed by atoms with van der Waals surface area (Å²) in [7, 11) is 2.88. The first-order valence-electron chi connectivity index (χ1n) is 11.2. The average Bonchev–Trinajstić information content (AvgIpc) is 3.31. The lowest BCUT2D eigenvalue weighted by Crippen LogP contribution is -2.45. The van der Waals surface area contributed by atoms with Crippen LogP contribution in [0, 0.1) is 0 Å². The number of hydrogen-bond donors (Lipinski definition) is 2. The van der Waals surface area contributed by atoms with E-state index >= 15 is 0 Å². The summed E-state index contributed by atoms with van der Waals surface area (Å²) < 4.78 is 12.5. The van der Waals surface area contributed by atoms with Crippen molar-refractivity contribution in [3.63, 3.8) is 0 Å². The van der Waals surface area contributed by atoms with E-state index in [9.17, 15) is 19.2 Å². The van der Waals surface area contributed by atoms with Gasteiger partial charge in [-0.25, -0.2) is 4.79 Å². The molecule has 1 saturated heterocycles. The number of hydrogen-bond acceptors (Lipinski definition) is 7. The minimum atomic E-state index is -0.773. The topological polar surface area (TPSA) is 138 Å². The molecule has 190 valence electrons. The molecule has 0 spiro atoms. The molecule has 1 aliphatic heterocycles. The van der Waals surface area contributed by atoms with Gasteiger partial charge in [0, 0.05) is 25.2 Å². The van der Waals surface area contributed by atoms with Gasteiger partial charge in [0.15, 0.2) is 0 Å². The van der Waals surface area contributed by atoms with Gasteiger partial charge in [0.05, 0.1) is 35.8 Å². The molecular weight excluding hydrogens is 490 g/mol. The molecule has 3 aromatic rings. The van der Waals surface area contributed by atoms with E-state index in [0.29, 0.717) is 31.0 Å². The van der Waals surface area contributed by atoms with Crippen LogP contribution in [0.4, 0.5) is 5.69 Å². The number of benzene rings is 2. The first-order chi connectivity index (χ1) is 17.2. The molecule has 2 aromatic carbocycles. The molecular formula is C24H26ClN5O6. The second kappa shape index (κ2) is 10.4. The standard InChI is InChI=1S/C24H26ClN5O6/c1-35-19-10-20(36-2)17(9-16(19)25)27-21(31)12-29-18-6-4-3-5-15(18)23(33)30(24(29)34)13-22(32)28-8-7-14(26)11-28/h3-6,9-10,14H,7-8,11-13,26H2,1-2H3,(H,27,31)/t14-/m1/s1. The predicted octanol–water partition coefficient (Wildman–Crippen LogP) is 1.03. The lowest BCUT2D eigenvalue weighted by molar-refractivity contribution is -0.130. The number of rotatable bonds is 7. The van der Waals surface area contributed by atoms with Crippen LogP contribution in [0.1, 0.15) is 6.42 Å². The number of carbonyl (C=O) groups is 2. The number of anilines is 1. The highest BCUT2D eigenvalue weighted by Crippen LogP contribution is 2.35. The first kappa shape index (κ1) is 25.3. The second-order valence-electron chi connectivity index (χ2n) is 8.40. The molecule has 12 heteroatoms. The molecule has 0 unspecified atom stereocenters. The monoisotopic (exact) mass is 515 g/mol. The van der Waals surface area contributed by atoms with E-state index in [1.54, 1.807) is 24.3 Å². The minimum absolute atomic E-state index is 0.133. The molecule has 36 heavy (non-hydrogen) atoms. The van der Waals surface area contributed by atoms with E-state index in [0.717, 1.165) is 9.13 Å². The zero-order valence-corrected chi connectivity index (χ0v) is 20.6. The van der Waals surface area contributed by atoms with Crippen LogP contribution in [-0.4, -0.2) is 59.2 Å². The number of nitrogens with two attached hydrogens (primary N) is 1. The number of halogens is 1. The highest BCUT2D eigenvalue weighted by atomic mass is 35.5. The highest BCUT2D eigenvalue weighted by molar-refractivity contribution is 6.32. The molecule has 4 rings (SSSR count). The van der Waals surface area contributed by atoms with Gasteiger partial charge in [-0.3, -0.25) is 23.5 Å². The number of amides is 2. The Balaban J connectivity index is 1.68. The Morgan fingerprint density at radius 2 is 1.81 bits per heavy atom. The van der Waals surface area contributed by atoms with E-state index in [-0.39, 0.29) is 33.6 Å². The number of aromatic nitrogens is 2.